The number of esters is 1. The fourth-order valence-corrected chi connectivity index (χ4v) is 10.4. The lowest BCUT2D eigenvalue weighted by molar-refractivity contribution is -0.154. The lowest BCUT2D eigenvalue weighted by Gasteiger charge is -2.42. The van der Waals surface area contributed by atoms with E-state index < -0.39 is 8.32 Å². The van der Waals surface area contributed by atoms with Crippen molar-refractivity contribution in [1.29, 1.82) is 0 Å². The van der Waals surface area contributed by atoms with Gasteiger partial charge in [0.15, 0.2) is 8.32 Å². The first-order chi connectivity index (χ1) is 14.7. The summed E-state index contributed by atoms with van der Waals surface area (Å²) in [5.41, 5.74) is -0.0872. The molecule has 5 heteroatoms. The fourth-order valence-electron chi connectivity index (χ4n) is 7.27. The zero-order valence-corrected chi connectivity index (χ0v) is 21.8. The largest absolute Gasteiger partial charge is 0.465 e. The minimum absolute atomic E-state index is 0.0157. The molecule has 3 fully saturated rings. The molecule has 3 saturated carbocycles. The average Bonchev–Trinajstić information content (AvgIpc) is 3.36. The van der Waals surface area contributed by atoms with Crippen LogP contribution in [0.5, 0.6) is 0 Å². The van der Waals surface area contributed by atoms with Crippen molar-refractivity contribution in [2.45, 2.75) is 123 Å². The van der Waals surface area contributed by atoms with Gasteiger partial charge in [-0.15, -0.1) is 0 Å². The van der Waals surface area contributed by atoms with Gasteiger partial charge in [-0.2, -0.15) is 0 Å². The number of rotatable bonds is 10. The van der Waals surface area contributed by atoms with Gasteiger partial charge >= 0.3 is 5.97 Å². The number of hydrogen-bond acceptors (Lipinski definition) is 4. The quantitative estimate of drug-likeness (QED) is 0.275. The topological polar surface area (TPSA) is 52.6 Å². The van der Waals surface area contributed by atoms with Crippen molar-refractivity contribution < 1.29 is 18.8 Å². The van der Waals surface area contributed by atoms with E-state index in [1.165, 1.54) is 31.0 Å². The average molecular weight is 451 g/mol. The number of carbonyl (C=O) groups excluding carboxylic acids is 2. The molecule has 3 rings (SSSR count). The van der Waals surface area contributed by atoms with Crippen molar-refractivity contribution in [2.75, 3.05) is 6.61 Å². The molecule has 0 aromatic rings. The van der Waals surface area contributed by atoms with Gasteiger partial charge in [0.1, 0.15) is 5.78 Å². The van der Waals surface area contributed by atoms with Gasteiger partial charge in [-0.05, 0) is 68.0 Å². The zero-order chi connectivity index (χ0) is 22.7. The van der Waals surface area contributed by atoms with Crippen molar-refractivity contribution in [1.82, 2.24) is 0 Å². The van der Waals surface area contributed by atoms with Crippen LogP contribution < -0.4 is 0 Å². The smallest absolute Gasteiger partial charge is 0.308 e. The van der Waals surface area contributed by atoms with Crippen molar-refractivity contribution in [3.8, 4) is 0 Å². The third kappa shape index (κ3) is 4.97. The van der Waals surface area contributed by atoms with E-state index in [9.17, 15) is 9.59 Å². The Bertz CT molecular complexity index is 629. The van der Waals surface area contributed by atoms with Gasteiger partial charge in [-0.3, -0.25) is 9.59 Å². The Morgan fingerprint density at radius 1 is 1.06 bits per heavy atom. The Balaban J connectivity index is 1.58. The molecule has 3 aliphatic carbocycles. The van der Waals surface area contributed by atoms with Crippen LogP contribution in [0.25, 0.3) is 0 Å². The minimum Gasteiger partial charge on any atom is -0.465 e. The van der Waals surface area contributed by atoms with Gasteiger partial charge in [-0.25, -0.2) is 0 Å². The fraction of sp³-hybridized carbons (Fsp3) is 0.923. The van der Waals surface area contributed by atoms with Crippen LogP contribution in [-0.4, -0.2) is 32.3 Å². The first-order valence-electron chi connectivity index (χ1n) is 13.1. The molecule has 0 bridgehead atoms. The highest BCUT2D eigenvalue weighted by atomic mass is 28.4. The maximum atomic E-state index is 13.0. The van der Waals surface area contributed by atoms with Crippen LogP contribution in [0.1, 0.15) is 98.8 Å². The van der Waals surface area contributed by atoms with E-state index in [2.05, 4.69) is 27.7 Å². The Labute approximate surface area is 191 Å². The molecule has 4 atom stereocenters. The monoisotopic (exact) mass is 450 g/mol. The first-order valence-corrected chi connectivity index (χ1v) is 15.7. The summed E-state index contributed by atoms with van der Waals surface area (Å²) in [5, 5.41) is 0. The standard InChI is InChI=1S/C26H46O4Si/c1-6-31(7-2,8-3)30-26(16-9-10-17-26)18-19-29-24(28)20(4)21-13-14-22-23(27)12-11-15-25(21,22)5/h20-22H,6-19H2,1-5H3/t20-,21+,22-,25+/m0/s1. The highest BCUT2D eigenvalue weighted by Gasteiger charge is 2.54. The Morgan fingerprint density at radius 2 is 1.71 bits per heavy atom. The number of Topliss-reactive ketones (excluding diaryl/α,β-unsaturated/α-hetero) is 1. The SMILES string of the molecule is CC[Si](CC)(CC)OC1(CCOC(=O)[C@@H](C)[C@H]2CC[C@H]3C(=O)CCC[C@]23C)CCCC1. The Kier molecular flexibility index (Phi) is 8.10. The van der Waals surface area contributed by atoms with E-state index in [0.717, 1.165) is 51.4 Å². The van der Waals surface area contributed by atoms with Crippen LogP contribution in [0.3, 0.4) is 0 Å². The van der Waals surface area contributed by atoms with E-state index in [4.69, 9.17) is 9.16 Å². The van der Waals surface area contributed by atoms with Gasteiger partial charge in [0, 0.05) is 18.8 Å². The van der Waals surface area contributed by atoms with Gasteiger partial charge < -0.3 is 9.16 Å². The number of ether oxygens (including phenoxy) is 1. The molecule has 0 heterocycles. The third-order valence-electron chi connectivity index (χ3n) is 9.59. The van der Waals surface area contributed by atoms with E-state index in [0.29, 0.717) is 12.4 Å². The van der Waals surface area contributed by atoms with Crippen LogP contribution in [0.15, 0.2) is 0 Å². The number of carbonyl (C=O) groups is 2. The van der Waals surface area contributed by atoms with Crippen LogP contribution in [-0.2, 0) is 18.8 Å². The van der Waals surface area contributed by atoms with Crippen molar-refractivity contribution in [2.24, 2.45) is 23.2 Å². The maximum absolute atomic E-state index is 13.0. The maximum Gasteiger partial charge on any atom is 0.308 e. The minimum atomic E-state index is -1.68. The highest BCUT2D eigenvalue weighted by molar-refractivity contribution is 6.73. The molecule has 0 unspecified atom stereocenters. The van der Waals surface area contributed by atoms with Crippen LogP contribution in [0.4, 0.5) is 0 Å². The molecule has 3 aliphatic rings. The van der Waals surface area contributed by atoms with E-state index in [1.807, 2.05) is 6.92 Å². The van der Waals surface area contributed by atoms with Crippen LogP contribution >= 0.6 is 0 Å². The van der Waals surface area contributed by atoms with Gasteiger partial charge in [-0.1, -0.05) is 47.5 Å². The summed E-state index contributed by atoms with van der Waals surface area (Å²) < 4.78 is 12.9. The molecule has 0 aliphatic heterocycles. The number of fused-ring (bicyclic) bond motifs is 1. The molecule has 4 nitrogen and oxygen atoms in total. The molecular weight excluding hydrogens is 404 g/mol. The van der Waals surface area contributed by atoms with E-state index in [-0.39, 0.29) is 34.7 Å². The predicted octanol–water partition coefficient (Wildman–Crippen LogP) is 6.68. The molecule has 0 aromatic carbocycles. The van der Waals surface area contributed by atoms with Gasteiger partial charge in [0.25, 0.3) is 0 Å². The first kappa shape index (κ1) is 24.9. The molecule has 0 spiro atoms. The summed E-state index contributed by atoms with van der Waals surface area (Å²) in [5.74, 6) is 0.658. The summed E-state index contributed by atoms with van der Waals surface area (Å²) in [4.78, 5) is 25.5. The molecular formula is C26H46O4Si. The Hall–Kier alpha value is -0.683. The van der Waals surface area contributed by atoms with Crippen molar-refractivity contribution in [3.05, 3.63) is 0 Å². The normalized spacial score (nSPS) is 31.5. The van der Waals surface area contributed by atoms with Crippen molar-refractivity contribution in [3.63, 3.8) is 0 Å². The molecule has 0 amide bonds. The van der Waals surface area contributed by atoms with Crippen LogP contribution in [0, 0.1) is 23.2 Å². The van der Waals surface area contributed by atoms with Gasteiger partial charge in [0.2, 0.25) is 0 Å². The lowest BCUT2D eigenvalue weighted by Crippen LogP contribution is -2.46. The van der Waals surface area contributed by atoms with Crippen molar-refractivity contribution >= 4 is 20.1 Å². The number of ketones is 1. The highest BCUT2D eigenvalue weighted by Crippen LogP contribution is 2.56. The number of hydrogen-bond donors (Lipinski definition) is 0. The predicted molar refractivity (Wildman–Crippen MR) is 127 cm³/mol. The molecule has 31 heavy (non-hydrogen) atoms. The van der Waals surface area contributed by atoms with E-state index >= 15 is 0 Å². The molecule has 0 saturated heterocycles. The Morgan fingerprint density at radius 3 is 2.32 bits per heavy atom. The summed E-state index contributed by atoms with van der Waals surface area (Å²) >= 11 is 0. The second-order valence-corrected chi connectivity index (χ2v) is 15.7. The molecule has 0 aromatic heterocycles. The summed E-state index contributed by atoms with van der Waals surface area (Å²) in [6.45, 7) is 11.6. The summed E-state index contributed by atoms with van der Waals surface area (Å²) in [7, 11) is -1.68. The molecule has 178 valence electrons. The summed E-state index contributed by atoms with van der Waals surface area (Å²) in [6.07, 6.45) is 10.2. The molecule has 0 N–H and O–H groups in total. The third-order valence-corrected chi connectivity index (χ3v) is 14.3. The van der Waals surface area contributed by atoms with Crippen LogP contribution in [0.2, 0.25) is 18.1 Å². The van der Waals surface area contributed by atoms with E-state index in [1.54, 1.807) is 0 Å². The van der Waals surface area contributed by atoms with Gasteiger partial charge in [0.05, 0.1) is 18.1 Å². The second kappa shape index (κ2) is 10.1. The molecule has 0 radical (unpaired) electrons. The second-order valence-electron chi connectivity index (χ2n) is 11.0. The zero-order valence-electron chi connectivity index (χ0n) is 20.8. The summed E-state index contributed by atoms with van der Waals surface area (Å²) in [6, 6.07) is 3.50. The lowest BCUT2D eigenvalue weighted by atomic mass is 9.62.